The number of nitrogens with zero attached hydrogens (tertiary/aromatic N) is 1. The SMILES string of the molecule is Cc1noc(NS(=O)(=O)c2ccsc2C(=O)OC2CCOCC2)c1Cl. The van der Waals surface area contributed by atoms with Crippen LogP contribution in [0.15, 0.2) is 20.9 Å². The van der Waals surface area contributed by atoms with Crippen LogP contribution in [0.25, 0.3) is 0 Å². The number of hydrogen-bond acceptors (Lipinski definition) is 8. The molecule has 2 aromatic heterocycles. The number of hydrogen-bond donors (Lipinski definition) is 1. The van der Waals surface area contributed by atoms with Crippen molar-refractivity contribution >= 4 is 44.8 Å². The fourth-order valence-corrected chi connectivity index (χ4v) is 4.72. The average Bonchev–Trinajstić information content (AvgIpc) is 3.19. The van der Waals surface area contributed by atoms with Crippen molar-refractivity contribution in [2.45, 2.75) is 30.8 Å². The van der Waals surface area contributed by atoms with Crippen molar-refractivity contribution in [1.29, 1.82) is 0 Å². The van der Waals surface area contributed by atoms with E-state index in [2.05, 4.69) is 9.88 Å². The van der Waals surface area contributed by atoms with Gasteiger partial charge < -0.3 is 14.0 Å². The normalized spacial score (nSPS) is 15.9. The van der Waals surface area contributed by atoms with Crippen LogP contribution in [0.2, 0.25) is 5.02 Å². The minimum atomic E-state index is -4.08. The Kier molecular flexibility index (Phi) is 5.32. The molecule has 8 nitrogen and oxygen atoms in total. The Morgan fingerprint density at radius 3 is 2.80 bits per heavy atom. The summed E-state index contributed by atoms with van der Waals surface area (Å²) in [7, 11) is -4.08. The monoisotopic (exact) mass is 406 g/mol. The van der Waals surface area contributed by atoms with Crippen LogP contribution in [0.1, 0.15) is 28.2 Å². The summed E-state index contributed by atoms with van der Waals surface area (Å²) >= 11 is 6.91. The van der Waals surface area contributed by atoms with E-state index in [9.17, 15) is 13.2 Å². The summed E-state index contributed by atoms with van der Waals surface area (Å²) in [6.45, 7) is 2.60. The number of esters is 1. The van der Waals surface area contributed by atoms with E-state index in [1.165, 1.54) is 11.4 Å². The predicted octanol–water partition coefficient (Wildman–Crippen LogP) is 2.83. The van der Waals surface area contributed by atoms with Crippen LogP contribution in [0.3, 0.4) is 0 Å². The van der Waals surface area contributed by atoms with E-state index < -0.39 is 16.0 Å². The molecule has 1 N–H and O–H groups in total. The van der Waals surface area contributed by atoms with Gasteiger partial charge in [-0.3, -0.25) is 0 Å². The van der Waals surface area contributed by atoms with Crippen LogP contribution in [-0.4, -0.2) is 38.9 Å². The molecule has 0 amide bonds. The summed E-state index contributed by atoms with van der Waals surface area (Å²) < 4.78 is 42.8. The van der Waals surface area contributed by atoms with Gasteiger partial charge in [0, 0.05) is 12.8 Å². The van der Waals surface area contributed by atoms with Gasteiger partial charge in [0.2, 0.25) is 0 Å². The molecule has 0 radical (unpaired) electrons. The lowest BCUT2D eigenvalue weighted by molar-refractivity contribution is -0.0158. The number of anilines is 1. The van der Waals surface area contributed by atoms with Gasteiger partial charge >= 0.3 is 5.97 Å². The van der Waals surface area contributed by atoms with Crippen LogP contribution in [0.4, 0.5) is 5.88 Å². The summed E-state index contributed by atoms with van der Waals surface area (Å²) in [6, 6.07) is 1.32. The molecule has 1 aliphatic heterocycles. The maximum atomic E-state index is 12.6. The van der Waals surface area contributed by atoms with Gasteiger partial charge in [0.15, 0.2) is 0 Å². The van der Waals surface area contributed by atoms with Gasteiger partial charge in [-0.15, -0.1) is 11.3 Å². The van der Waals surface area contributed by atoms with Gasteiger partial charge in [-0.25, -0.2) is 17.9 Å². The minimum absolute atomic E-state index is 0.00801. The first-order chi connectivity index (χ1) is 11.9. The minimum Gasteiger partial charge on any atom is -0.458 e. The van der Waals surface area contributed by atoms with E-state index in [1.807, 2.05) is 0 Å². The first-order valence-corrected chi connectivity index (χ1v) is 10.1. The molecule has 3 rings (SSSR count). The maximum absolute atomic E-state index is 12.6. The molecule has 1 aliphatic rings. The van der Waals surface area contributed by atoms with Gasteiger partial charge in [0.1, 0.15) is 26.6 Å². The second kappa shape index (κ2) is 7.32. The van der Waals surface area contributed by atoms with Gasteiger partial charge in [-0.1, -0.05) is 16.8 Å². The topological polar surface area (TPSA) is 108 Å². The average molecular weight is 407 g/mol. The standard InChI is InChI=1S/C14H15ClN2O6S2/c1-8-11(15)13(23-16-8)17-25(19,20)10-4-7-24-12(10)14(18)22-9-2-5-21-6-3-9/h4,7,9,17H,2-3,5-6H2,1H3. The Hall–Kier alpha value is -1.62. The van der Waals surface area contributed by atoms with E-state index in [0.29, 0.717) is 31.7 Å². The molecule has 1 saturated heterocycles. The first-order valence-electron chi connectivity index (χ1n) is 7.39. The number of aryl methyl sites for hydroxylation is 1. The van der Waals surface area contributed by atoms with E-state index >= 15 is 0 Å². The van der Waals surface area contributed by atoms with Crippen molar-refractivity contribution in [3.63, 3.8) is 0 Å². The second-order valence-electron chi connectivity index (χ2n) is 5.35. The zero-order valence-corrected chi connectivity index (χ0v) is 15.5. The van der Waals surface area contributed by atoms with E-state index in [1.54, 1.807) is 6.92 Å². The Morgan fingerprint density at radius 1 is 1.44 bits per heavy atom. The summed E-state index contributed by atoms with van der Waals surface area (Å²) in [5.74, 6) is -0.878. The fraction of sp³-hybridized carbons (Fsp3) is 0.429. The third-order valence-electron chi connectivity index (χ3n) is 3.56. The molecular weight excluding hydrogens is 392 g/mol. The molecular formula is C14H15ClN2O6S2. The number of nitrogens with one attached hydrogen (secondary N) is 1. The zero-order valence-electron chi connectivity index (χ0n) is 13.2. The molecule has 0 atom stereocenters. The van der Waals surface area contributed by atoms with E-state index in [0.717, 1.165) is 11.3 Å². The highest BCUT2D eigenvalue weighted by Crippen LogP contribution is 2.30. The number of thiophene rings is 1. The third kappa shape index (κ3) is 3.97. The molecule has 136 valence electrons. The number of ether oxygens (including phenoxy) is 2. The summed E-state index contributed by atoms with van der Waals surface area (Å²) in [6.07, 6.45) is 0.896. The number of halogens is 1. The number of aromatic nitrogens is 1. The number of rotatable bonds is 5. The molecule has 0 saturated carbocycles. The summed E-state index contributed by atoms with van der Waals surface area (Å²) in [5, 5.41) is 5.14. The fourth-order valence-electron chi connectivity index (χ4n) is 2.26. The first kappa shape index (κ1) is 18.2. The van der Waals surface area contributed by atoms with Crippen LogP contribution in [0.5, 0.6) is 0 Å². The molecule has 0 aliphatic carbocycles. The number of carbonyl (C=O) groups is 1. The van der Waals surface area contributed by atoms with Crippen molar-refractivity contribution in [3.05, 3.63) is 27.0 Å². The Morgan fingerprint density at radius 2 is 2.16 bits per heavy atom. The molecule has 11 heteroatoms. The van der Waals surface area contributed by atoms with Crippen molar-refractivity contribution in [1.82, 2.24) is 5.16 Å². The Labute approximate surface area is 153 Å². The Bertz CT molecular complexity index is 870. The quantitative estimate of drug-likeness (QED) is 0.760. The van der Waals surface area contributed by atoms with Crippen LogP contribution in [0, 0.1) is 6.92 Å². The molecule has 0 bridgehead atoms. The molecule has 0 aromatic carbocycles. The number of carbonyl (C=O) groups excluding carboxylic acids is 1. The highest BCUT2D eigenvalue weighted by Gasteiger charge is 2.29. The Balaban J connectivity index is 1.79. The lowest BCUT2D eigenvalue weighted by atomic mass is 10.1. The van der Waals surface area contributed by atoms with Gasteiger partial charge in [-0.05, 0) is 18.4 Å². The smallest absolute Gasteiger partial charge is 0.350 e. The molecule has 3 heterocycles. The van der Waals surface area contributed by atoms with Gasteiger partial charge in [0.25, 0.3) is 15.9 Å². The molecule has 2 aromatic rings. The lowest BCUT2D eigenvalue weighted by Crippen LogP contribution is -2.26. The van der Waals surface area contributed by atoms with Crippen LogP contribution >= 0.6 is 22.9 Å². The largest absolute Gasteiger partial charge is 0.458 e. The molecule has 0 spiro atoms. The number of sulfonamides is 1. The highest BCUT2D eigenvalue weighted by atomic mass is 35.5. The lowest BCUT2D eigenvalue weighted by Gasteiger charge is -2.22. The van der Waals surface area contributed by atoms with E-state index in [4.69, 9.17) is 25.6 Å². The molecule has 0 unspecified atom stereocenters. The van der Waals surface area contributed by atoms with E-state index in [-0.39, 0.29) is 26.8 Å². The molecule has 25 heavy (non-hydrogen) atoms. The van der Waals surface area contributed by atoms with Crippen molar-refractivity contribution < 1.29 is 27.2 Å². The zero-order chi connectivity index (χ0) is 18.0. The van der Waals surface area contributed by atoms with Crippen LogP contribution < -0.4 is 4.72 Å². The van der Waals surface area contributed by atoms with Crippen molar-refractivity contribution in [2.24, 2.45) is 0 Å². The van der Waals surface area contributed by atoms with Crippen molar-refractivity contribution in [3.8, 4) is 0 Å². The predicted molar refractivity (Wildman–Crippen MR) is 90.6 cm³/mol. The van der Waals surface area contributed by atoms with Gasteiger partial charge in [0.05, 0.1) is 13.2 Å². The highest BCUT2D eigenvalue weighted by molar-refractivity contribution is 7.93. The second-order valence-corrected chi connectivity index (χ2v) is 8.29. The summed E-state index contributed by atoms with van der Waals surface area (Å²) in [4.78, 5) is 12.2. The third-order valence-corrected chi connectivity index (χ3v) is 6.41. The molecule has 1 fully saturated rings. The maximum Gasteiger partial charge on any atom is 0.350 e. The van der Waals surface area contributed by atoms with Gasteiger partial charge in [-0.2, -0.15) is 0 Å². The van der Waals surface area contributed by atoms with Crippen molar-refractivity contribution in [2.75, 3.05) is 17.9 Å². The summed E-state index contributed by atoms with van der Waals surface area (Å²) in [5.41, 5.74) is 0.351. The van der Waals surface area contributed by atoms with Crippen LogP contribution in [-0.2, 0) is 19.5 Å².